The number of anilines is 2. The van der Waals surface area contributed by atoms with E-state index in [1.165, 1.54) is 23.1 Å². The van der Waals surface area contributed by atoms with Crippen LogP contribution in [-0.4, -0.2) is 44.1 Å². The molecule has 0 atom stereocenters. The maximum atomic E-state index is 13.0. The van der Waals surface area contributed by atoms with E-state index in [1.807, 2.05) is 0 Å². The van der Waals surface area contributed by atoms with Gasteiger partial charge in [-0.3, -0.25) is 14.9 Å². The molecule has 1 aliphatic heterocycles. The standard InChI is InChI=1S/C18H17N7O3/c26-18(20-13-4-3-5-14(10-13)24-12-19-21-22-24)16-11-15(25(27)28)6-7-17(16)23-8-1-2-9-23/h3-7,10-12H,1-2,8-9H2,(H,20,26). The lowest BCUT2D eigenvalue weighted by atomic mass is 10.1. The molecule has 1 aromatic heterocycles. The Morgan fingerprint density at radius 1 is 1.14 bits per heavy atom. The minimum absolute atomic E-state index is 0.115. The third kappa shape index (κ3) is 3.52. The van der Waals surface area contributed by atoms with Crippen molar-refractivity contribution in [3.05, 3.63) is 64.5 Å². The number of hydrogen-bond donors (Lipinski definition) is 1. The molecule has 0 unspecified atom stereocenters. The molecule has 4 rings (SSSR count). The normalized spacial score (nSPS) is 13.5. The van der Waals surface area contributed by atoms with Crippen LogP contribution in [0.5, 0.6) is 0 Å². The number of benzene rings is 2. The number of aromatic nitrogens is 4. The molecule has 10 nitrogen and oxygen atoms in total. The lowest BCUT2D eigenvalue weighted by Crippen LogP contribution is -2.23. The molecule has 0 bridgehead atoms. The quantitative estimate of drug-likeness (QED) is 0.534. The lowest BCUT2D eigenvalue weighted by Gasteiger charge is -2.21. The van der Waals surface area contributed by atoms with Gasteiger partial charge < -0.3 is 10.2 Å². The van der Waals surface area contributed by atoms with E-state index in [0.29, 0.717) is 17.1 Å². The molecule has 0 radical (unpaired) electrons. The molecule has 1 amide bonds. The Labute approximate surface area is 159 Å². The fourth-order valence-corrected chi connectivity index (χ4v) is 3.26. The fourth-order valence-electron chi connectivity index (χ4n) is 3.26. The molecule has 0 saturated carbocycles. The second-order valence-corrected chi connectivity index (χ2v) is 6.41. The van der Waals surface area contributed by atoms with Gasteiger partial charge in [-0.1, -0.05) is 6.07 Å². The number of tetrazole rings is 1. The maximum Gasteiger partial charge on any atom is 0.270 e. The van der Waals surface area contributed by atoms with Crippen molar-refractivity contribution in [2.75, 3.05) is 23.3 Å². The zero-order chi connectivity index (χ0) is 19.5. The minimum atomic E-state index is -0.497. The number of amides is 1. The highest BCUT2D eigenvalue weighted by Crippen LogP contribution is 2.29. The monoisotopic (exact) mass is 379 g/mol. The zero-order valence-electron chi connectivity index (χ0n) is 14.9. The van der Waals surface area contributed by atoms with Crippen LogP contribution in [0.2, 0.25) is 0 Å². The summed E-state index contributed by atoms with van der Waals surface area (Å²) < 4.78 is 1.47. The predicted octanol–water partition coefficient (Wildman–Crippen LogP) is 2.42. The van der Waals surface area contributed by atoms with E-state index in [9.17, 15) is 14.9 Å². The second kappa shape index (κ2) is 7.43. The molecule has 2 aromatic carbocycles. The van der Waals surface area contributed by atoms with Gasteiger partial charge in [-0.25, -0.2) is 4.68 Å². The molecule has 1 N–H and O–H groups in total. The van der Waals surface area contributed by atoms with Gasteiger partial charge in [0.25, 0.3) is 11.6 Å². The number of carbonyl (C=O) groups is 1. The summed E-state index contributed by atoms with van der Waals surface area (Å²) in [6.07, 6.45) is 3.52. The first kappa shape index (κ1) is 17.6. The first-order valence-corrected chi connectivity index (χ1v) is 8.80. The third-order valence-corrected chi connectivity index (χ3v) is 4.60. The van der Waals surface area contributed by atoms with E-state index < -0.39 is 10.8 Å². The van der Waals surface area contributed by atoms with E-state index in [4.69, 9.17) is 0 Å². The topological polar surface area (TPSA) is 119 Å². The van der Waals surface area contributed by atoms with Crippen LogP contribution in [0, 0.1) is 10.1 Å². The summed E-state index contributed by atoms with van der Waals surface area (Å²) in [5, 5.41) is 25.0. The number of rotatable bonds is 5. The molecule has 1 saturated heterocycles. The van der Waals surface area contributed by atoms with Gasteiger partial charge in [-0.15, -0.1) is 5.10 Å². The molecule has 10 heteroatoms. The summed E-state index contributed by atoms with van der Waals surface area (Å²) in [4.78, 5) is 25.7. The molecular weight excluding hydrogens is 362 g/mol. The Kier molecular flexibility index (Phi) is 4.67. The molecule has 0 spiro atoms. The zero-order valence-corrected chi connectivity index (χ0v) is 14.9. The largest absolute Gasteiger partial charge is 0.371 e. The highest BCUT2D eigenvalue weighted by Gasteiger charge is 2.22. The summed E-state index contributed by atoms with van der Waals surface area (Å²) in [6, 6.07) is 11.4. The van der Waals surface area contributed by atoms with Crippen LogP contribution < -0.4 is 10.2 Å². The van der Waals surface area contributed by atoms with Gasteiger partial charge >= 0.3 is 0 Å². The molecular formula is C18H17N7O3. The highest BCUT2D eigenvalue weighted by molar-refractivity contribution is 6.08. The summed E-state index contributed by atoms with van der Waals surface area (Å²) in [5.74, 6) is -0.403. The van der Waals surface area contributed by atoms with Crippen LogP contribution in [0.3, 0.4) is 0 Å². The first-order chi connectivity index (χ1) is 13.6. The Hall–Kier alpha value is -3.82. The molecule has 1 fully saturated rings. The fraction of sp³-hybridized carbons (Fsp3) is 0.222. The van der Waals surface area contributed by atoms with Gasteiger partial charge in [-0.2, -0.15) is 0 Å². The predicted molar refractivity (Wildman–Crippen MR) is 102 cm³/mol. The van der Waals surface area contributed by atoms with E-state index in [0.717, 1.165) is 25.9 Å². The summed E-state index contributed by atoms with van der Waals surface area (Å²) in [5.41, 5.74) is 2.09. The van der Waals surface area contributed by atoms with Gasteiger partial charge in [0.05, 0.1) is 21.9 Å². The molecule has 3 aromatic rings. The molecule has 28 heavy (non-hydrogen) atoms. The van der Waals surface area contributed by atoms with E-state index in [-0.39, 0.29) is 11.3 Å². The summed E-state index contributed by atoms with van der Waals surface area (Å²) in [6.45, 7) is 1.65. The SMILES string of the molecule is O=C(Nc1cccc(-n2cnnn2)c1)c1cc([N+](=O)[O-])ccc1N1CCCC1. The van der Waals surface area contributed by atoms with Crippen molar-refractivity contribution in [2.45, 2.75) is 12.8 Å². The van der Waals surface area contributed by atoms with Crippen LogP contribution in [0.1, 0.15) is 23.2 Å². The number of nitro groups is 1. The summed E-state index contributed by atoms with van der Waals surface area (Å²) >= 11 is 0. The van der Waals surface area contributed by atoms with Gasteiger partial charge in [-0.05, 0) is 47.5 Å². The lowest BCUT2D eigenvalue weighted by molar-refractivity contribution is -0.384. The number of non-ortho nitro benzene ring substituents is 1. The number of nitrogens with one attached hydrogen (secondary N) is 1. The van der Waals surface area contributed by atoms with Crippen molar-refractivity contribution in [3.63, 3.8) is 0 Å². The van der Waals surface area contributed by atoms with Crippen LogP contribution in [0.15, 0.2) is 48.8 Å². The van der Waals surface area contributed by atoms with Crippen LogP contribution in [0.25, 0.3) is 5.69 Å². The van der Waals surface area contributed by atoms with E-state index >= 15 is 0 Å². The second-order valence-electron chi connectivity index (χ2n) is 6.41. The molecule has 1 aliphatic rings. The first-order valence-electron chi connectivity index (χ1n) is 8.80. The number of carbonyl (C=O) groups excluding carboxylic acids is 1. The van der Waals surface area contributed by atoms with Crippen molar-refractivity contribution in [2.24, 2.45) is 0 Å². The molecule has 0 aliphatic carbocycles. The van der Waals surface area contributed by atoms with Gasteiger partial charge in [0.1, 0.15) is 6.33 Å². The van der Waals surface area contributed by atoms with Gasteiger partial charge in [0.2, 0.25) is 0 Å². The number of hydrogen-bond acceptors (Lipinski definition) is 7. The van der Waals surface area contributed by atoms with Crippen molar-refractivity contribution in [3.8, 4) is 5.69 Å². The Balaban J connectivity index is 1.64. The van der Waals surface area contributed by atoms with E-state index in [2.05, 4.69) is 25.7 Å². The third-order valence-electron chi connectivity index (χ3n) is 4.60. The van der Waals surface area contributed by atoms with Crippen molar-refractivity contribution < 1.29 is 9.72 Å². The van der Waals surface area contributed by atoms with Gasteiger partial charge in [0.15, 0.2) is 0 Å². The average Bonchev–Trinajstić information content (AvgIpc) is 3.41. The van der Waals surface area contributed by atoms with E-state index in [1.54, 1.807) is 30.3 Å². The summed E-state index contributed by atoms with van der Waals surface area (Å²) in [7, 11) is 0. The van der Waals surface area contributed by atoms with Crippen LogP contribution >= 0.6 is 0 Å². The maximum absolute atomic E-state index is 13.0. The number of nitrogens with zero attached hydrogens (tertiary/aromatic N) is 6. The van der Waals surface area contributed by atoms with Crippen molar-refractivity contribution in [1.29, 1.82) is 0 Å². The Morgan fingerprint density at radius 3 is 2.68 bits per heavy atom. The average molecular weight is 379 g/mol. The molecule has 142 valence electrons. The van der Waals surface area contributed by atoms with Crippen molar-refractivity contribution >= 4 is 23.0 Å². The smallest absolute Gasteiger partial charge is 0.270 e. The minimum Gasteiger partial charge on any atom is -0.371 e. The van der Waals surface area contributed by atoms with Gasteiger partial charge in [0, 0.05) is 30.9 Å². The van der Waals surface area contributed by atoms with Crippen LogP contribution in [-0.2, 0) is 0 Å². The van der Waals surface area contributed by atoms with Crippen molar-refractivity contribution in [1.82, 2.24) is 20.2 Å². The number of nitro benzene ring substituents is 1. The molecule has 2 heterocycles. The Bertz CT molecular complexity index is 1010. The highest BCUT2D eigenvalue weighted by atomic mass is 16.6. The Morgan fingerprint density at radius 2 is 1.96 bits per heavy atom. The van der Waals surface area contributed by atoms with Crippen LogP contribution in [0.4, 0.5) is 17.1 Å².